The Hall–Kier alpha value is -2.46. The minimum absolute atomic E-state index is 0.206. The fraction of sp³-hybridized carbons (Fsp3) is 0.263. The Balaban J connectivity index is 1.98. The summed E-state index contributed by atoms with van der Waals surface area (Å²) in [7, 11) is 0. The molecule has 0 aliphatic carbocycles. The van der Waals surface area contributed by atoms with Crippen LogP contribution in [0.25, 0.3) is 10.9 Å². The van der Waals surface area contributed by atoms with Gasteiger partial charge in [-0.05, 0) is 31.5 Å². The van der Waals surface area contributed by atoms with Crippen LogP contribution in [0.4, 0.5) is 0 Å². The van der Waals surface area contributed by atoms with Crippen LogP contribution in [0.2, 0.25) is 0 Å². The summed E-state index contributed by atoms with van der Waals surface area (Å²) in [5, 5.41) is 10.7. The number of nitrogens with two attached hydrogens (primary N) is 1. The second-order valence-electron chi connectivity index (χ2n) is 5.96. The highest BCUT2D eigenvalue weighted by Crippen LogP contribution is 2.29. The van der Waals surface area contributed by atoms with Gasteiger partial charge in [0.1, 0.15) is 18.1 Å². The lowest BCUT2D eigenvalue weighted by Gasteiger charge is -2.11. The zero-order valence-corrected chi connectivity index (χ0v) is 13.5. The van der Waals surface area contributed by atoms with Crippen LogP contribution in [0.3, 0.4) is 0 Å². The van der Waals surface area contributed by atoms with Crippen molar-refractivity contribution in [2.75, 3.05) is 0 Å². The predicted molar refractivity (Wildman–Crippen MR) is 92.7 cm³/mol. The fourth-order valence-corrected chi connectivity index (χ4v) is 2.88. The maximum atomic E-state index is 9.53. The SMILES string of the molecule is CC(C)n1cc(COc2cccc(O)c2)c2cccc(CN)c21. The second kappa shape index (κ2) is 6.34. The monoisotopic (exact) mass is 310 g/mol. The smallest absolute Gasteiger partial charge is 0.123 e. The Morgan fingerprint density at radius 3 is 2.61 bits per heavy atom. The Kier molecular flexibility index (Phi) is 4.26. The van der Waals surface area contributed by atoms with E-state index in [1.54, 1.807) is 18.2 Å². The molecule has 3 rings (SSSR count). The van der Waals surface area contributed by atoms with E-state index in [-0.39, 0.29) is 5.75 Å². The lowest BCUT2D eigenvalue weighted by molar-refractivity contribution is 0.305. The van der Waals surface area contributed by atoms with Crippen LogP contribution in [0.1, 0.15) is 31.0 Å². The third-order valence-corrected chi connectivity index (χ3v) is 4.01. The molecular weight excluding hydrogens is 288 g/mol. The molecule has 0 spiro atoms. The molecule has 0 radical (unpaired) electrons. The van der Waals surface area contributed by atoms with Crippen LogP contribution in [0.5, 0.6) is 11.5 Å². The summed E-state index contributed by atoms with van der Waals surface area (Å²) in [6.45, 7) is 5.29. The molecule has 3 N–H and O–H groups in total. The van der Waals surface area contributed by atoms with Gasteiger partial charge in [0.2, 0.25) is 0 Å². The molecule has 4 nitrogen and oxygen atoms in total. The number of rotatable bonds is 5. The highest BCUT2D eigenvalue weighted by atomic mass is 16.5. The van der Waals surface area contributed by atoms with E-state index in [0.717, 1.165) is 11.1 Å². The zero-order valence-electron chi connectivity index (χ0n) is 13.5. The van der Waals surface area contributed by atoms with Gasteiger partial charge in [-0.2, -0.15) is 0 Å². The van der Waals surface area contributed by atoms with E-state index in [1.165, 1.54) is 10.9 Å². The van der Waals surface area contributed by atoms with Gasteiger partial charge >= 0.3 is 0 Å². The number of fused-ring (bicyclic) bond motifs is 1. The van der Waals surface area contributed by atoms with Gasteiger partial charge in [-0.15, -0.1) is 0 Å². The topological polar surface area (TPSA) is 60.4 Å². The van der Waals surface area contributed by atoms with Crippen LogP contribution in [0, 0.1) is 0 Å². The Labute approximate surface area is 136 Å². The summed E-state index contributed by atoms with van der Waals surface area (Å²) in [6, 6.07) is 13.4. The molecule has 120 valence electrons. The molecule has 0 fully saturated rings. The Morgan fingerprint density at radius 1 is 1.13 bits per heavy atom. The van der Waals surface area contributed by atoms with E-state index < -0.39 is 0 Å². The number of benzene rings is 2. The van der Waals surface area contributed by atoms with Gasteiger partial charge < -0.3 is 20.1 Å². The third kappa shape index (κ3) is 3.03. The fourth-order valence-electron chi connectivity index (χ4n) is 2.88. The van der Waals surface area contributed by atoms with Gasteiger partial charge in [-0.3, -0.25) is 0 Å². The zero-order chi connectivity index (χ0) is 16.4. The molecule has 1 aromatic heterocycles. The molecule has 2 aromatic carbocycles. The van der Waals surface area contributed by atoms with Crippen molar-refractivity contribution < 1.29 is 9.84 Å². The minimum Gasteiger partial charge on any atom is -0.508 e. The Bertz CT molecular complexity index is 821. The molecule has 0 unspecified atom stereocenters. The van der Waals surface area contributed by atoms with Gasteiger partial charge in [0, 0.05) is 35.8 Å². The standard InChI is InChI=1S/C19H22N2O2/c1-13(2)21-11-15(12-23-17-7-4-6-16(22)9-17)18-8-3-5-14(10-20)19(18)21/h3-9,11,13,22H,10,12,20H2,1-2H3. The van der Waals surface area contributed by atoms with Gasteiger partial charge in [0.05, 0.1) is 5.52 Å². The molecule has 23 heavy (non-hydrogen) atoms. The summed E-state index contributed by atoms with van der Waals surface area (Å²) in [5.74, 6) is 0.864. The van der Waals surface area contributed by atoms with E-state index in [4.69, 9.17) is 10.5 Å². The van der Waals surface area contributed by atoms with E-state index in [9.17, 15) is 5.11 Å². The van der Waals surface area contributed by atoms with Crippen molar-refractivity contribution in [2.24, 2.45) is 5.73 Å². The average Bonchev–Trinajstić information content (AvgIpc) is 2.92. The van der Waals surface area contributed by atoms with Gasteiger partial charge in [-0.25, -0.2) is 0 Å². The third-order valence-electron chi connectivity index (χ3n) is 4.01. The first kappa shape index (κ1) is 15.4. The number of hydrogen-bond donors (Lipinski definition) is 2. The molecule has 0 atom stereocenters. The molecule has 1 heterocycles. The highest BCUT2D eigenvalue weighted by Gasteiger charge is 2.14. The number of aromatic hydroxyl groups is 1. The first-order valence-electron chi connectivity index (χ1n) is 7.83. The lowest BCUT2D eigenvalue weighted by Crippen LogP contribution is -2.03. The first-order valence-corrected chi connectivity index (χ1v) is 7.83. The number of phenols is 1. The van der Waals surface area contributed by atoms with Crippen LogP contribution in [-0.2, 0) is 13.2 Å². The van der Waals surface area contributed by atoms with Crippen LogP contribution in [0.15, 0.2) is 48.7 Å². The first-order chi connectivity index (χ1) is 11.1. The molecule has 0 saturated carbocycles. The lowest BCUT2D eigenvalue weighted by atomic mass is 10.1. The second-order valence-corrected chi connectivity index (χ2v) is 5.96. The van der Waals surface area contributed by atoms with Crippen molar-refractivity contribution in [3.63, 3.8) is 0 Å². The number of para-hydroxylation sites is 1. The molecule has 0 aliphatic heterocycles. The number of aromatic nitrogens is 1. The summed E-state index contributed by atoms with van der Waals surface area (Å²) in [6.07, 6.45) is 2.14. The molecule has 0 bridgehead atoms. The largest absolute Gasteiger partial charge is 0.508 e. The van der Waals surface area contributed by atoms with Crippen molar-refractivity contribution in [1.82, 2.24) is 4.57 Å². The van der Waals surface area contributed by atoms with Crippen molar-refractivity contribution >= 4 is 10.9 Å². The van der Waals surface area contributed by atoms with Crippen molar-refractivity contribution in [3.8, 4) is 11.5 Å². The minimum atomic E-state index is 0.206. The van der Waals surface area contributed by atoms with Crippen molar-refractivity contribution in [1.29, 1.82) is 0 Å². The van der Waals surface area contributed by atoms with Gasteiger partial charge in [0.25, 0.3) is 0 Å². The average molecular weight is 310 g/mol. The van der Waals surface area contributed by atoms with Crippen LogP contribution >= 0.6 is 0 Å². The quantitative estimate of drug-likeness (QED) is 0.749. The Morgan fingerprint density at radius 2 is 1.91 bits per heavy atom. The molecule has 0 saturated heterocycles. The molecule has 3 aromatic rings. The maximum Gasteiger partial charge on any atom is 0.123 e. The maximum absolute atomic E-state index is 9.53. The summed E-state index contributed by atoms with van der Waals surface area (Å²) >= 11 is 0. The number of hydrogen-bond acceptors (Lipinski definition) is 3. The summed E-state index contributed by atoms with van der Waals surface area (Å²) in [5.41, 5.74) is 9.34. The number of nitrogens with zero attached hydrogens (tertiary/aromatic N) is 1. The van der Waals surface area contributed by atoms with E-state index in [2.05, 4.69) is 36.7 Å². The van der Waals surface area contributed by atoms with Gasteiger partial charge in [-0.1, -0.05) is 24.3 Å². The predicted octanol–water partition coefficient (Wildman–Crippen LogP) is 3.97. The van der Waals surface area contributed by atoms with Gasteiger partial charge in [0.15, 0.2) is 0 Å². The normalized spacial score (nSPS) is 11.3. The van der Waals surface area contributed by atoms with Crippen LogP contribution < -0.4 is 10.5 Å². The van der Waals surface area contributed by atoms with Crippen molar-refractivity contribution in [2.45, 2.75) is 33.0 Å². The molecule has 4 heteroatoms. The highest BCUT2D eigenvalue weighted by molar-refractivity contribution is 5.87. The molecule has 0 amide bonds. The molecule has 0 aliphatic rings. The number of ether oxygens (including phenoxy) is 1. The van der Waals surface area contributed by atoms with E-state index in [1.807, 2.05) is 12.1 Å². The van der Waals surface area contributed by atoms with Crippen molar-refractivity contribution in [3.05, 3.63) is 59.8 Å². The number of phenolic OH excluding ortho intramolecular Hbond substituents is 1. The molecular formula is C19H22N2O2. The summed E-state index contributed by atoms with van der Waals surface area (Å²) in [4.78, 5) is 0. The van der Waals surface area contributed by atoms with E-state index in [0.29, 0.717) is 24.9 Å². The summed E-state index contributed by atoms with van der Waals surface area (Å²) < 4.78 is 8.09. The van der Waals surface area contributed by atoms with E-state index >= 15 is 0 Å². The van der Waals surface area contributed by atoms with Crippen LogP contribution in [-0.4, -0.2) is 9.67 Å².